The number of allylic oxidation sites excluding steroid dienone is 1. The van der Waals surface area contributed by atoms with Gasteiger partial charge in [0.05, 0.1) is 12.8 Å². The monoisotopic (exact) mass is 179 g/mol. The van der Waals surface area contributed by atoms with E-state index in [1.54, 1.807) is 18.2 Å². The molecule has 0 spiro atoms. The van der Waals surface area contributed by atoms with Gasteiger partial charge >= 0.3 is 0 Å². The summed E-state index contributed by atoms with van der Waals surface area (Å²) in [5.41, 5.74) is 6.87. The molecule has 1 aromatic carbocycles. The lowest BCUT2D eigenvalue weighted by Crippen LogP contribution is -1.93. The number of hydrogen-bond donors (Lipinski definition) is 2. The summed E-state index contributed by atoms with van der Waals surface area (Å²) in [4.78, 5) is 0. The minimum absolute atomic E-state index is 0.00434. The number of ether oxygens (including phenoxy) is 1. The van der Waals surface area contributed by atoms with Crippen molar-refractivity contribution >= 4 is 5.69 Å². The zero-order valence-corrected chi connectivity index (χ0v) is 7.58. The van der Waals surface area contributed by atoms with E-state index in [4.69, 9.17) is 10.5 Å². The van der Waals surface area contributed by atoms with Crippen LogP contribution in [0.1, 0.15) is 5.56 Å². The van der Waals surface area contributed by atoms with Crippen molar-refractivity contribution < 1.29 is 9.84 Å². The first-order chi connectivity index (χ1) is 6.19. The number of nitrogens with two attached hydrogens (primary N) is 1. The third-order valence-electron chi connectivity index (χ3n) is 1.76. The normalized spacial score (nSPS) is 9.62. The topological polar surface area (TPSA) is 55.5 Å². The molecule has 13 heavy (non-hydrogen) atoms. The van der Waals surface area contributed by atoms with Crippen molar-refractivity contribution in [2.24, 2.45) is 0 Å². The summed E-state index contributed by atoms with van der Waals surface area (Å²) in [6.07, 6.45) is 2.48. The molecule has 3 N–H and O–H groups in total. The summed E-state index contributed by atoms with van der Waals surface area (Å²) in [5, 5.41) is 9.41. The quantitative estimate of drug-likeness (QED) is 0.422. The Bertz CT molecular complexity index is 321. The standard InChI is InChI=1S/C10H13NO2/c1-3-4-7-5-8(11)10(12)9(6-7)13-2/h3,5-6,12H,1,4,11H2,2H3. The molecule has 0 saturated carbocycles. The Balaban J connectivity index is 3.13. The molecule has 1 rings (SSSR count). The number of benzene rings is 1. The van der Waals surface area contributed by atoms with Gasteiger partial charge in [-0.2, -0.15) is 0 Å². The first-order valence-electron chi connectivity index (χ1n) is 3.95. The Hall–Kier alpha value is -1.64. The van der Waals surface area contributed by atoms with E-state index in [0.717, 1.165) is 5.56 Å². The maximum Gasteiger partial charge on any atom is 0.181 e. The van der Waals surface area contributed by atoms with Crippen molar-refractivity contribution in [1.29, 1.82) is 0 Å². The molecule has 3 nitrogen and oxygen atoms in total. The lowest BCUT2D eigenvalue weighted by atomic mass is 10.1. The highest BCUT2D eigenvalue weighted by Crippen LogP contribution is 2.33. The van der Waals surface area contributed by atoms with Crippen molar-refractivity contribution in [3.05, 3.63) is 30.4 Å². The van der Waals surface area contributed by atoms with E-state index in [0.29, 0.717) is 17.9 Å². The fourth-order valence-electron chi connectivity index (χ4n) is 1.13. The number of hydrogen-bond acceptors (Lipinski definition) is 3. The van der Waals surface area contributed by atoms with Gasteiger partial charge in [0.15, 0.2) is 11.5 Å². The van der Waals surface area contributed by atoms with E-state index in [2.05, 4.69) is 6.58 Å². The van der Waals surface area contributed by atoms with E-state index in [1.165, 1.54) is 7.11 Å². The second-order valence-electron chi connectivity index (χ2n) is 2.73. The number of rotatable bonds is 3. The van der Waals surface area contributed by atoms with Crippen molar-refractivity contribution in [2.45, 2.75) is 6.42 Å². The molecule has 70 valence electrons. The van der Waals surface area contributed by atoms with Gasteiger partial charge in [-0.05, 0) is 24.1 Å². The third-order valence-corrected chi connectivity index (χ3v) is 1.76. The van der Waals surface area contributed by atoms with Gasteiger partial charge < -0.3 is 15.6 Å². The Kier molecular flexibility index (Phi) is 2.80. The summed E-state index contributed by atoms with van der Waals surface area (Å²) in [5.74, 6) is 0.396. The van der Waals surface area contributed by atoms with Crippen LogP contribution >= 0.6 is 0 Å². The van der Waals surface area contributed by atoms with Crippen LogP contribution in [-0.4, -0.2) is 12.2 Å². The van der Waals surface area contributed by atoms with Crippen LogP contribution in [0.25, 0.3) is 0 Å². The summed E-state index contributed by atoms with van der Waals surface area (Å²) < 4.78 is 4.95. The van der Waals surface area contributed by atoms with Crippen molar-refractivity contribution in [3.63, 3.8) is 0 Å². The number of nitrogen functional groups attached to an aromatic ring is 1. The molecule has 0 radical (unpaired) electrons. The molecule has 0 bridgehead atoms. The van der Waals surface area contributed by atoms with Crippen LogP contribution in [0.3, 0.4) is 0 Å². The third kappa shape index (κ3) is 1.93. The predicted octanol–water partition coefficient (Wildman–Crippen LogP) is 1.71. The lowest BCUT2D eigenvalue weighted by Gasteiger charge is -2.07. The summed E-state index contributed by atoms with van der Waals surface area (Å²) in [6.45, 7) is 3.62. The molecule has 0 atom stereocenters. The summed E-state index contributed by atoms with van der Waals surface area (Å²) in [6, 6.07) is 3.45. The molecule has 0 unspecified atom stereocenters. The van der Waals surface area contributed by atoms with Gasteiger partial charge in [0.2, 0.25) is 0 Å². The highest BCUT2D eigenvalue weighted by Gasteiger charge is 2.06. The van der Waals surface area contributed by atoms with Crippen LogP contribution in [0.15, 0.2) is 24.8 Å². The number of anilines is 1. The van der Waals surface area contributed by atoms with Gasteiger partial charge in [0.25, 0.3) is 0 Å². The molecule has 3 heteroatoms. The number of phenols is 1. The van der Waals surface area contributed by atoms with Gasteiger partial charge in [0, 0.05) is 0 Å². The molecule has 0 amide bonds. The predicted molar refractivity (Wildman–Crippen MR) is 53.0 cm³/mol. The minimum Gasteiger partial charge on any atom is -0.503 e. The van der Waals surface area contributed by atoms with Gasteiger partial charge in [-0.3, -0.25) is 0 Å². The molecule has 1 aromatic rings. The van der Waals surface area contributed by atoms with E-state index in [9.17, 15) is 5.11 Å². The molecule has 0 aromatic heterocycles. The van der Waals surface area contributed by atoms with E-state index >= 15 is 0 Å². The van der Waals surface area contributed by atoms with Crippen molar-refractivity contribution in [2.75, 3.05) is 12.8 Å². The Morgan fingerprint density at radius 3 is 2.85 bits per heavy atom. The van der Waals surface area contributed by atoms with E-state index in [-0.39, 0.29) is 5.75 Å². The molecule has 0 fully saturated rings. The van der Waals surface area contributed by atoms with Gasteiger partial charge in [-0.25, -0.2) is 0 Å². The van der Waals surface area contributed by atoms with Crippen LogP contribution in [-0.2, 0) is 6.42 Å². The Morgan fingerprint density at radius 2 is 2.31 bits per heavy atom. The highest BCUT2D eigenvalue weighted by atomic mass is 16.5. The number of methoxy groups -OCH3 is 1. The second-order valence-corrected chi connectivity index (χ2v) is 2.73. The van der Waals surface area contributed by atoms with Crippen LogP contribution in [0.2, 0.25) is 0 Å². The largest absolute Gasteiger partial charge is 0.503 e. The van der Waals surface area contributed by atoms with Crippen LogP contribution in [0.4, 0.5) is 5.69 Å². The zero-order chi connectivity index (χ0) is 9.84. The SMILES string of the molecule is C=CCc1cc(N)c(O)c(OC)c1. The second kappa shape index (κ2) is 3.85. The van der Waals surface area contributed by atoms with Gasteiger partial charge in [0.1, 0.15) is 0 Å². The smallest absolute Gasteiger partial charge is 0.181 e. The number of aromatic hydroxyl groups is 1. The minimum atomic E-state index is -0.00434. The van der Waals surface area contributed by atoms with Crippen LogP contribution in [0.5, 0.6) is 11.5 Å². The maximum absolute atomic E-state index is 9.41. The van der Waals surface area contributed by atoms with E-state index in [1.807, 2.05) is 0 Å². The molecule has 0 heterocycles. The summed E-state index contributed by atoms with van der Waals surface area (Å²) >= 11 is 0. The van der Waals surface area contributed by atoms with Gasteiger partial charge in [-0.1, -0.05) is 6.08 Å². The highest BCUT2D eigenvalue weighted by molar-refractivity contribution is 5.61. The van der Waals surface area contributed by atoms with Crippen molar-refractivity contribution in [1.82, 2.24) is 0 Å². The molecule has 0 saturated heterocycles. The fraction of sp³-hybridized carbons (Fsp3) is 0.200. The average Bonchev–Trinajstić information content (AvgIpc) is 2.11. The molecular weight excluding hydrogens is 166 g/mol. The Labute approximate surface area is 77.4 Å². The first kappa shape index (κ1) is 9.45. The zero-order valence-electron chi connectivity index (χ0n) is 7.58. The first-order valence-corrected chi connectivity index (χ1v) is 3.95. The van der Waals surface area contributed by atoms with E-state index < -0.39 is 0 Å². The summed E-state index contributed by atoms with van der Waals surface area (Å²) in [7, 11) is 1.49. The molecular formula is C10H13NO2. The molecule has 0 aliphatic heterocycles. The lowest BCUT2D eigenvalue weighted by molar-refractivity contribution is 0.374. The fourth-order valence-corrected chi connectivity index (χ4v) is 1.13. The average molecular weight is 179 g/mol. The van der Waals surface area contributed by atoms with Crippen LogP contribution < -0.4 is 10.5 Å². The van der Waals surface area contributed by atoms with Crippen LogP contribution in [0, 0.1) is 0 Å². The molecule has 0 aliphatic rings. The molecule has 0 aliphatic carbocycles. The Morgan fingerprint density at radius 1 is 1.62 bits per heavy atom. The maximum atomic E-state index is 9.41. The van der Waals surface area contributed by atoms with Gasteiger partial charge in [-0.15, -0.1) is 6.58 Å². The van der Waals surface area contributed by atoms with Crippen molar-refractivity contribution in [3.8, 4) is 11.5 Å². The number of phenolic OH excluding ortho intramolecular Hbond substituents is 1.